The van der Waals surface area contributed by atoms with Gasteiger partial charge in [0.2, 0.25) is 0 Å². The molecule has 6 heteroatoms. The Hall–Kier alpha value is -3.15. The van der Waals surface area contributed by atoms with Crippen LogP contribution in [0, 0.1) is 0 Å². The zero-order valence-corrected chi connectivity index (χ0v) is 44.2. The van der Waals surface area contributed by atoms with Crippen LogP contribution in [-0.2, 0) is 28.6 Å². The molecule has 0 aromatic carbocycles. The highest BCUT2D eigenvalue weighted by atomic mass is 16.6. The van der Waals surface area contributed by atoms with Crippen LogP contribution >= 0.6 is 0 Å². The second-order valence-corrected chi connectivity index (χ2v) is 18.8. The number of unbranched alkanes of at least 4 members (excludes halogenated alkanes) is 28. The van der Waals surface area contributed by atoms with Crippen LogP contribution in [0.25, 0.3) is 0 Å². The molecule has 0 fully saturated rings. The Balaban J connectivity index is 4.24. The summed E-state index contributed by atoms with van der Waals surface area (Å²) in [6.45, 7) is 6.49. The van der Waals surface area contributed by atoms with Crippen LogP contribution in [0.1, 0.15) is 278 Å². The molecule has 1 unspecified atom stereocenters. The Morgan fingerprint density at radius 1 is 0.313 bits per heavy atom. The minimum atomic E-state index is -0.778. The van der Waals surface area contributed by atoms with E-state index >= 15 is 0 Å². The maximum absolute atomic E-state index is 12.8. The van der Waals surface area contributed by atoms with Gasteiger partial charge >= 0.3 is 17.9 Å². The Kier molecular flexibility index (Phi) is 52.8. The highest BCUT2D eigenvalue weighted by Gasteiger charge is 2.19. The van der Waals surface area contributed by atoms with Gasteiger partial charge in [-0.25, -0.2) is 0 Å². The molecule has 0 aromatic heterocycles. The van der Waals surface area contributed by atoms with Crippen molar-refractivity contribution in [2.24, 2.45) is 0 Å². The first-order valence-electron chi connectivity index (χ1n) is 28.4. The lowest BCUT2D eigenvalue weighted by Crippen LogP contribution is -2.30. The molecule has 0 N–H and O–H groups in total. The van der Waals surface area contributed by atoms with Crippen molar-refractivity contribution in [2.45, 2.75) is 284 Å². The predicted molar refractivity (Wildman–Crippen MR) is 288 cm³/mol. The molecule has 0 aromatic rings. The summed E-state index contributed by atoms with van der Waals surface area (Å²) in [5.41, 5.74) is 0. The molecule has 386 valence electrons. The molecule has 0 aliphatic heterocycles. The molecule has 0 amide bonds. The largest absolute Gasteiger partial charge is 0.462 e. The number of esters is 3. The molecule has 0 radical (unpaired) electrons. The van der Waals surface area contributed by atoms with Crippen LogP contribution < -0.4 is 0 Å². The van der Waals surface area contributed by atoms with Crippen molar-refractivity contribution in [3.8, 4) is 0 Å². The third kappa shape index (κ3) is 53.7. The highest BCUT2D eigenvalue weighted by molar-refractivity contribution is 5.71. The fourth-order valence-electron chi connectivity index (χ4n) is 7.93. The van der Waals surface area contributed by atoms with Gasteiger partial charge in [0.15, 0.2) is 6.10 Å². The molecule has 1 atom stereocenters. The topological polar surface area (TPSA) is 78.9 Å². The van der Waals surface area contributed by atoms with E-state index in [1.807, 2.05) is 0 Å². The molecule has 0 saturated carbocycles. The summed E-state index contributed by atoms with van der Waals surface area (Å²) in [7, 11) is 0. The van der Waals surface area contributed by atoms with Crippen molar-refractivity contribution in [3.05, 3.63) is 72.9 Å². The highest BCUT2D eigenvalue weighted by Crippen LogP contribution is 2.15. The van der Waals surface area contributed by atoms with E-state index in [2.05, 4.69) is 93.7 Å². The molecule has 0 saturated heterocycles. The number of carbonyl (C=O) groups excluding carboxylic acids is 3. The first kappa shape index (κ1) is 63.8. The monoisotopic (exact) mass is 935 g/mol. The first-order chi connectivity index (χ1) is 33.0. The zero-order valence-electron chi connectivity index (χ0n) is 44.2. The van der Waals surface area contributed by atoms with Gasteiger partial charge in [0.25, 0.3) is 0 Å². The normalized spacial score (nSPS) is 12.6. The number of allylic oxidation sites excluding steroid dienone is 12. The van der Waals surface area contributed by atoms with Gasteiger partial charge in [-0.1, -0.05) is 241 Å². The van der Waals surface area contributed by atoms with Gasteiger partial charge in [-0.2, -0.15) is 0 Å². The number of ether oxygens (including phenoxy) is 3. The van der Waals surface area contributed by atoms with Crippen molar-refractivity contribution >= 4 is 17.9 Å². The Bertz CT molecular complexity index is 1260. The molecule has 0 bridgehead atoms. The van der Waals surface area contributed by atoms with Gasteiger partial charge in [0.1, 0.15) is 13.2 Å². The molecule has 6 nitrogen and oxygen atoms in total. The maximum Gasteiger partial charge on any atom is 0.306 e. The van der Waals surface area contributed by atoms with Crippen molar-refractivity contribution in [1.82, 2.24) is 0 Å². The van der Waals surface area contributed by atoms with Crippen LogP contribution in [0.5, 0.6) is 0 Å². The number of hydrogen-bond acceptors (Lipinski definition) is 6. The summed E-state index contributed by atoms with van der Waals surface area (Å²) in [6.07, 6.45) is 70.4. The summed E-state index contributed by atoms with van der Waals surface area (Å²) in [5, 5.41) is 0. The van der Waals surface area contributed by atoms with E-state index in [1.165, 1.54) is 141 Å². The minimum Gasteiger partial charge on any atom is -0.462 e. The first-order valence-corrected chi connectivity index (χ1v) is 28.4. The van der Waals surface area contributed by atoms with Crippen LogP contribution in [0.2, 0.25) is 0 Å². The average Bonchev–Trinajstić information content (AvgIpc) is 3.33. The SMILES string of the molecule is CC/C=C\C/C=C\C/C=C\C/C=C\CCCCCCCCCCCCC(=O)OCC(COC(=O)CCCCCCCCCC)OC(=O)CCCCCCCCC/C=C\C/C=C\CCCCCC. The van der Waals surface area contributed by atoms with Gasteiger partial charge in [-0.3, -0.25) is 14.4 Å². The van der Waals surface area contributed by atoms with Crippen molar-refractivity contribution < 1.29 is 28.6 Å². The molecule has 0 aliphatic rings. The van der Waals surface area contributed by atoms with Crippen molar-refractivity contribution in [3.63, 3.8) is 0 Å². The summed E-state index contributed by atoms with van der Waals surface area (Å²) >= 11 is 0. The standard InChI is InChI=1S/C61H106O6/c1-4-7-10-13-16-19-21-23-25-27-29-30-31-32-33-35-36-38-40-42-45-48-51-54-60(63)66-57-58(56-65-59(62)53-50-47-44-18-15-12-9-6-3)67-61(64)55-52-49-46-43-41-39-37-34-28-26-24-22-20-17-14-11-8-5-2/h7,10,16,19-20,22-23,25-26,28-30,58H,4-6,8-9,11-15,17-18,21,24,27,31-57H2,1-3H3/b10-7-,19-16-,22-20-,25-23-,28-26-,30-29-. The number of carbonyl (C=O) groups is 3. The molecular formula is C61H106O6. The van der Waals surface area contributed by atoms with Crippen molar-refractivity contribution in [1.29, 1.82) is 0 Å². The summed E-state index contributed by atoms with van der Waals surface area (Å²) in [4.78, 5) is 38.0. The van der Waals surface area contributed by atoms with Crippen LogP contribution in [0.3, 0.4) is 0 Å². The van der Waals surface area contributed by atoms with Crippen molar-refractivity contribution in [2.75, 3.05) is 13.2 Å². The lowest BCUT2D eigenvalue weighted by molar-refractivity contribution is -0.167. The lowest BCUT2D eigenvalue weighted by Gasteiger charge is -2.18. The summed E-state index contributed by atoms with van der Waals surface area (Å²) in [5.74, 6) is -0.888. The Morgan fingerprint density at radius 3 is 0.925 bits per heavy atom. The summed E-state index contributed by atoms with van der Waals surface area (Å²) < 4.78 is 16.8. The average molecular weight is 936 g/mol. The van der Waals surface area contributed by atoms with Crippen LogP contribution in [0.15, 0.2) is 72.9 Å². The fraction of sp³-hybridized carbons (Fsp3) is 0.754. The minimum absolute atomic E-state index is 0.0782. The predicted octanol–water partition coefficient (Wildman–Crippen LogP) is 19.0. The van der Waals surface area contributed by atoms with E-state index in [-0.39, 0.29) is 31.1 Å². The van der Waals surface area contributed by atoms with E-state index in [0.29, 0.717) is 19.3 Å². The maximum atomic E-state index is 12.8. The van der Waals surface area contributed by atoms with Gasteiger partial charge < -0.3 is 14.2 Å². The smallest absolute Gasteiger partial charge is 0.306 e. The molecule has 0 spiro atoms. The summed E-state index contributed by atoms with van der Waals surface area (Å²) in [6, 6.07) is 0. The second-order valence-electron chi connectivity index (χ2n) is 18.8. The van der Waals surface area contributed by atoms with Gasteiger partial charge in [-0.15, -0.1) is 0 Å². The molecule has 0 rings (SSSR count). The fourth-order valence-corrected chi connectivity index (χ4v) is 7.93. The van der Waals surface area contributed by atoms with E-state index < -0.39 is 6.10 Å². The number of hydrogen-bond donors (Lipinski definition) is 0. The van der Waals surface area contributed by atoms with Gasteiger partial charge in [0, 0.05) is 19.3 Å². The zero-order chi connectivity index (χ0) is 48.6. The molecular weight excluding hydrogens is 829 g/mol. The van der Waals surface area contributed by atoms with E-state index in [4.69, 9.17) is 14.2 Å². The quantitative estimate of drug-likeness (QED) is 0.0262. The van der Waals surface area contributed by atoms with Gasteiger partial charge in [0.05, 0.1) is 0 Å². The second kappa shape index (κ2) is 55.4. The Labute approximate surface area is 414 Å². The number of rotatable bonds is 51. The van der Waals surface area contributed by atoms with Crippen LogP contribution in [0.4, 0.5) is 0 Å². The lowest BCUT2D eigenvalue weighted by atomic mass is 10.1. The molecule has 67 heavy (non-hydrogen) atoms. The van der Waals surface area contributed by atoms with Crippen LogP contribution in [-0.4, -0.2) is 37.2 Å². The van der Waals surface area contributed by atoms with E-state index in [0.717, 1.165) is 96.3 Å². The Morgan fingerprint density at radius 2 is 0.582 bits per heavy atom. The van der Waals surface area contributed by atoms with E-state index in [1.54, 1.807) is 0 Å². The van der Waals surface area contributed by atoms with Gasteiger partial charge in [-0.05, 0) is 89.9 Å². The third-order valence-electron chi connectivity index (χ3n) is 12.2. The van der Waals surface area contributed by atoms with E-state index in [9.17, 15) is 14.4 Å². The molecule has 0 aliphatic carbocycles. The third-order valence-corrected chi connectivity index (χ3v) is 12.2. The molecule has 0 heterocycles.